The quantitative estimate of drug-likeness (QED) is 0.511. The monoisotopic (exact) mass is 398 g/mol. The first-order valence-corrected chi connectivity index (χ1v) is 9.53. The third kappa shape index (κ3) is 5.61. The van der Waals surface area contributed by atoms with Crippen LogP contribution in [-0.4, -0.2) is 34.5 Å². The van der Waals surface area contributed by atoms with E-state index >= 15 is 0 Å². The highest BCUT2D eigenvalue weighted by atomic mass is 16.6. The predicted molar refractivity (Wildman–Crippen MR) is 113 cm³/mol. The van der Waals surface area contributed by atoms with Crippen molar-refractivity contribution in [3.8, 4) is 11.5 Å². The SMILES string of the molecule is C=C(C)C(=O)OC(C)(C)C(O)COc1ccc(C(C)(C)c2ccc(O)cc2)cc1. The Bertz CT molecular complexity index is 848. The Morgan fingerprint density at radius 2 is 1.48 bits per heavy atom. The van der Waals surface area contributed by atoms with Gasteiger partial charge in [0.25, 0.3) is 0 Å². The lowest BCUT2D eigenvalue weighted by molar-refractivity contribution is -0.164. The number of esters is 1. The van der Waals surface area contributed by atoms with Crippen molar-refractivity contribution in [1.82, 2.24) is 0 Å². The molecule has 5 nitrogen and oxygen atoms in total. The average molecular weight is 398 g/mol. The van der Waals surface area contributed by atoms with Crippen LogP contribution in [0.4, 0.5) is 0 Å². The van der Waals surface area contributed by atoms with Crippen molar-refractivity contribution in [3.63, 3.8) is 0 Å². The van der Waals surface area contributed by atoms with Crippen molar-refractivity contribution in [3.05, 3.63) is 71.8 Å². The first-order valence-electron chi connectivity index (χ1n) is 9.53. The summed E-state index contributed by atoms with van der Waals surface area (Å²) in [5, 5.41) is 19.9. The molecule has 29 heavy (non-hydrogen) atoms. The van der Waals surface area contributed by atoms with Crippen LogP contribution in [0.5, 0.6) is 11.5 Å². The highest BCUT2D eigenvalue weighted by Crippen LogP contribution is 2.33. The summed E-state index contributed by atoms with van der Waals surface area (Å²) < 4.78 is 11.0. The molecule has 0 fully saturated rings. The van der Waals surface area contributed by atoms with E-state index in [9.17, 15) is 15.0 Å². The van der Waals surface area contributed by atoms with Gasteiger partial charge in [0.15, 0.2) is 0 Å². The van der Waals surface area contributed by atoms with Crippen molar-refractivity contribution in [2.24, 2.45) is 0 Å². The first-order chi connectivity index (χ1) is 13.4. The zero-order valence-electron chi connectivity index (χ0n) is 17.7. The number of carbonyl (C=O) groups excluding carboxylic acids is 1. The maximum Gasteiger partial charge on any atom is 0.333 e. The molecule has 2 aromatic rings. The Morgan fingerprint density at radius 3 is 1.97 bits per heavy atom. The van der Waals surface area contributed by atoms with Gasteiger partial charge in [-0.2, -0.15) is 0 Å². The van der Waals surface area contributed by atoms with Gasteiger partial charge in [0.05, 0.1) is 0 Å². The molecular formula is C24H30O5. The zero-order chi connectivity index (χ0) is 21.8. The normalized spacial score (nSPS) is 12.9. The van der Waals surface area contributed by atoms with Crippen LogP contribution in [0.3, 0.4) is 0 Å². The second-order valence-corrected chi connectivity index (χ2v) is 8.30. The van der Waals surface area contributed by atoms with Crippen molar-refractivity contribution in [2.75, 3.05) is 6.61 Å². The number of rotatable bonds is 8. The van der Waals surface area contributed by atoms with E-state index in [0.29, 0.717) is 5.75 Å². The van der Waals surface area contributed by atoms with E-state index in [2.05, 4.69) is 20.4 Å². The number of hydrogen-bond donors (Lipinski definition) is 2. The van der Waals surface area contributed by atoms with Gasteiger partial charge in [0.1, 0.15) is 29.8 Å². The number of benzene rings is 2. The van der Waals surface area contributed by atoms with E-state index in [1.54, 1.807) is 32.9 Å². The largest absolute Gasteiger partial charge is 0.508 e. The molecule has 0 spiro atoms. The third-order valence-electron chi connectivity index (χ3n) is 5.08. The van der Waals surface area contributed by atoms with Crippen LogP contribution >= 0.6 is 0 Å². The summed E-state index contributed by atoms with van der Waals surface area (Å²) in [4.78, 5) is 11.7. The Balaban J connectivity index is 2.02. The van der Waals surface area contributed by atoms with Gasteiger partial charge >= 0.3 is 5.97 Å². The number of aliphatic hydroxyl groups is 1. The summed E-state index contributed by atoms with van der Waals surface area (Å²) in [5.74, 6) is 0.301. The molecule has 0 amide bonds. The topological polar surface area (TPSA) is 76.0 Å². The number of ether oxygens (including phenoxy) is 2. The van der Waals surface area contributed by atoms with Gasteiger partial charge < -0.3 is 19.7 Å². The lowest BCUT2D eigenvalue weighted by Crippen LogP contribution is -2.44. The molecule has 2 rings (SSSR count). The van der Waals surface area contributed by atoms with Crippen LogP contribution in [0.1, 0.15) is 45.7 Å². The predicted octanol–water partition coefficient (Wildman–Crippen LogP) is 4.36. The van der Waals surface area contributed by atoms with Gasteiger partial charge in [-0.15, -0.1) is 0 Å². The standard InChI is InChI=1S/C24H30O5/c1-16(2)22(27)29-24(5,6)21(26)15-28-20-13-9-18(10-14-20)23(3,4)17-7-11-19(25)12-8-17/h7-14,21,25-26H,1,15H2,2-6H3. The molecule has 0 bridgehead atoms. The van der Waals surface area contributed by atoms with E-state index < -0.39 is 17.7 Å². The molecule has 5 heteroatoms. The fourth-order valence-corrected chi connectivity index (χ4v) is 2.78. The van der Waals surface area contributed by atoms with Crippen LogP contribution in [0, 0.1) is 0 Å². The Kier molecular flexibility index (Phi) is 6.75. The van der Waals surface area contributed by atoms with Gasteiger partial charge in [-0.05, 0) is 56.2 Å². The van der Waals surface area contributed by atoms with Crippen molar-refractivity contribution >= 4 is 5.97 Å². The number of carbonyl (C=O) groups is 1. The summed E-state index contributed by atoms with van der Waals surface area (Å²) >= 11 is 0. The number of hydrogen-bond acceptors (Lipinski definition) is 5. The highest BCUT2D eigenvalue weighted by Gasteiger charge is 2.33. The molecule has 0 aliphatic heterocycles. The van der Waals surface area contributed by atoms with E-state index in [1.165, 1.54) is 0 Å². The van der Waals surface area contributed by atoms with E-state index in [0.717, 1.165) is 11.1 Å². The lowest BCUT2D eigenvalue weighted by atomic mass is 9.78. The fraction of sp³-hybridized carbons (Fsp3) is 0.375. The number of aromatic hydroxyl groups is 1. The molecule has 0 aliphatic carbocycles. The molecule has 0 saturated carbocycles. The minimum Gasteiger partial charge on any atom is -0.508 e. The summed E-state index contributed by atoms with van der Waals surface area (Å²) in [6.07, 6.45) is -1.00. The number of aliphatic hydroxyl groups excluding tert-OH is 1. The summed E-state index contributed by atoms with van der Waals surface area (Å²) in [5.41, 5.74) is 1.10. The first kappa shape index (κ1) is 22.5. The summed E-state index contributed by atoms with van der Waals surface area (Å²) in [6.45, 7) is 12.6. The van der Waals surface area contributed by atoms with Crippen LogP contribution in [0.25, 0.3) is 0 Å². The molecule has 2 N–H and O–H groups in total. The molecule has 0 heterocycles. The Morgan fingerprint density at radius 1 is 1.00 bits per heavy atom. The molecule has 0 aliphatic rings. The second kappa shape index (κ2) is 8.70. The maximum atomic E-state index is 11.7. The van der Waals surface area contributed by atoms with Gasteiger partial charge in [0.2, 0.25) is 0 Å². The van der Waals surface area contributed by atoms with E-state index in [1.807, 2.05) is 36.4 Å². The Labute approximate surface area is 172 Å². The molecule has 0 radical (unpaired) electrons. The van der Waals surface area contributed by atoms with Crippen molar-refractivity contribution in [1.29, 1.82) is 0 Å². The van der Waals surface area contributed by atoms with Gasteiger partial charge in [-0.1, -0.05) is 44.7 Å². The van der Waals surface area contributed by atoms with Crippen LogP contribution in [-0.2, 0) is 14.9 Å². The maximum absolute atomic E-state index is 11.7. The highest BCUT2D eigenvalue weighted by molar-refractivity contribution is 5.87. The van der Waals surface area contributed by atoms with Crippen LogP contribution in [0.15, 0.2) is 60.7 Å². The van der Waals surface area contributed by atoms with Gasteiger partial charge in [0, 0.05) is 11.0 Å². The molecule has 156 valence electrons. The zero-order valence-corrected chi connectivity index (χ0v) is 17.7. The van der Waals surface area contributed by atoms with Crippen molar-refractivity contribution in [2.45, 2.75) is 51.7 Å². The third-order valence-corrected chi connectivity index (χ3v) is 5.08. The molecule has 1 atom stereocenters. The van der Waals surface area contributed by atoms with Crippen molar-refractivity contribution < 1.29 is 24.5 Å². The smallest absolute Gasteiger partial charge is 0.333 e. The lowest BCUT2D eigenvalue weighted by Gasteiger charge is -2.30. The molecule has 0 aromatic heterocycles. The van der Waals surface area contributed by atoms with Crippen LogP contribution in [0.2, 0.25) is 0 Å². The molecule has 0 saturated heterocycles. The Hall–Kier alpha value is -2.79. The number of phenols is 1. The second-order valence-electron chi connectivity index (χ2n) is 8.30. The fourth-order valence-electron chi connectivity index (χ4n) is 2.78. The van der Waals surface area contributed by atoms with Gasteiger partial charge in [-0.25, -0.2) is 4.79 Å². The average Bonchev–Trinajstić information content (AvgIpc) is 2.66. The minimum absolute atomic E-state index is 0.0167. The summed E-state index contributed by atoms with van der Waals surface area (Å²) in [7, 11) is 0. The van der Waals surface area contributed by atoms with E-state index in [4.69, 9.17) is 9.47 Å². The minimum atomic E-state index is -1.10. The summed E-state index contributed by atoms with van der Waals surface area (Å²) in [6, 6.07) is 14.8. The van der Waals surface area contributed by atoms with Crippen LogP contribution < -0.4 is 4.74 Å². The van der Waals surface area contributed by atoms with E-state index in [-0.39, 0.29) is 23.3 Å². The molecule has 2 aromatic carbocycles. The number of phenolic OH excluding ortho intramolecular Hbond substituents is 1. The molecule has 1 unspecified atom stereocenters. The molecular weight excluding hydrogens is 368 g/mol. The van der Waals surface area contributed by atoms with Gasteiger partial charge in [-0.3, -0.25) is 0 Å².